The summed E-state index contributed by atoms with van der Waals surface area (Å²) in [4.78, 5) is 43.7. The van der Waals surface area contributed by atoms with Crippen LogP contribution in [0.3, 0.4) is 0 Å². The van der Waals surface area contributed by atoms with Crippen molar-refractivity contribution in [2.45, 2.75) is 77.8 Å². The van der Waals surface area contributed by atoms with E-state index in [1.807, 2.05) is 19.2 Å². The zero-order chi connectivity index (χ0) is 27.4. The lowest BCUT2D eigenvalue weighted by molar-refractivity contribution is -0.159. The van der Waals surface area contributed by atoms with Crippen LogP contribution in [-0.2, 0) is 27.3 Å². The number of aryl methyl sites for hydroxylation is 1. The van der Waals surface area contributed by atoms with Gasteiger partial charge in [-0.05, 0) is 57.2 Å². The van der Waals surface area contributed by atoms with Gasteiger partial charge in [-0.1, -0.05) is 25.7 Å². The predicted molar refractivity (Wildman–Crippen MR) is 143 cm³/mol. The molecular weight excluding hydrogens is 498 g/mol. The Morgan fingerprint density at radius 1 is 1.18 bits per heavy atom. The first kappa shape index (κ1) is 26.8. The first-order valence-corrected chi connectivity index (χ1v) is 14.1. The van der Waals surface area contributed by atoms with Crippen LogP contribution in [0.15, 0.2) is 30.6 Å². The number of amides is 2. The van der Waals surface area contributed by atoms with E-state index in [0.29, 0.717) is 36.5 Å². The molecule has 2 aliphatic rings. The van der Waals surface area contributed by atoms with Crippen molar-refractivity contribution >= 4 is 23.4 Å². The maximum atomic E-state index is 13.3. The van der Waals surface area contributed by atoms with Gasteiger partial charge in [0.2, 0.25) is 5.91 Å². The fourth-order valence-electron chi connectivity index (χ4n) is 5.94. The highest BCUT2D eigenvalue weighted by molar-refractivity contribution is 6.04. The average Bonchev–Trinajstić information content (AvgIpc) is 3.61. The van der Waals surface area contributed by atoms with Gasteiger partial charge in [0, 0.05) is 25.7 Å². The Bertz CT molecular complexity index is 1340. The summed E-state index contributed by atoms with van der Waals surface area (Å²) < 4.78 is 8.64. The molecule has 1 aliphatic heterocycles. The molecule has 2 amide bonds. The van der Waals surface area contributed by atoms with Gasteiger partial charge < -0.3 is 15.4 Å². The molecule has 4 heterocycles. The van der Waals surface area contributed by atoms with E-state index in [1.54, 1.807) is 34.5 Å². The summed E-state index contributed by atoms with van der Waals surface area (Å²) in [6.07, 6.45) is 10.7. The Morgan fingerprint density at radius 3 is 2.67 bits per heavy atom. The summed E-state index contributed by atoms with van der Waals surface area (Å²) in [6.45, 7) is 4.93. The highest BCUT2D eigenvalue weighted by Crippen LogP contribution is 2.35. The molecular formula is C28H37N7O4. The van der Waals surface area contributed by atoms with Gasteiger partial charge in [0.1, 0.15) is 5.69 Å². The Morgan fingerprint density at radius 2 is 1.97 bits per heavy atom. The van der Waals surface area contributed by atoms with Gasteiger partial charge in [0.05, 0.1) is 30.2 Å². The second-order valence-corrected chi connectivity index (χ2v) is 10.5. The smallest absolute Gasteiger partial charge is 0.322 e. The number of rotatable bonds is 9. The monoisotopic (exact) mass is 535 g/mol. The number of carbonyl (C=O) groups excluding carboxylic acids is 3. The molecule has 11 heteroatoms. The normalized spacial score (nSPS) is 20.9. The number of nitrogens with one attached hydrogen (secondary N) is 2. The van der Waals surface area contributed by atoms with E-state index < -0.39 is 11.4 Å². The zero-order valence-corrected chi connectivity index (χ0v) is 22.7. The predicted octanol–water partition coefficient (Wildman–Crippen LogP) is 3.00. The molecule has 0 radical (unpaired) electrons. The second-order valence-electron chi connectivity index (χ2n) is 10.5. The summed E-state index contributed by atoms with van der Waals surface area (Å²) in [6, 6.07) is 5.11. The van der Waals surface area contributed by atoms with Gasteiger partial charge in [0.25, 0.3) is 5.91 Å². The van der Waals surface area contributed by atoms with Crippen LogP contribution in [-0.4, -0.2) is 55.3 Å². The van der Waals surface area contributed by atoms with Crippen molar-refractivity contribution in [2.75, 3.05) is 13.2 Å². The number of imidazole rings is 1. The number of nitrogens with zero attached hydrogens (tertiary/aromatic N) is 5. The molecule has 1 saturated heterocycles. The molecule has 1 aliphatic carbocycles. The minimum Gasteiger partial charge on any atom is -0.465 e. The van der Waals surface area contributed by atoms with E-state index >= 15 is 0 Å². The zero-order valence-electron chi connectivity index (χ0n) is 22.7. The number of aromatic nitrogens is 5. The van der Waals surface area contributed by atoms with E-state index in [2.05, 4.69) is 15.7 Å². The van der Waals surface area contributed by atoms with E-state index in [0.717, 1.165) is 31.4 Å². The van der Waals surface area contributed by atoms with Crippen LogP contribution in [0.1, 0.15) is 86.7 Å². The Labute approximate surface area is 227 Å². The van der Waals surface area contributed by atoms with Crippen molar-refractivity contribution in [3.05, 3.63) is 47.7 Å². The van der Waals surface area contributed by atoms with Crippen molar-refractivity contribution in [3.8, 4) is 0 Å². The Balaban J connectivity index is 1.45. The summed E-state index contributed by atoms with van der Waals surface area (Å²) in [7, 11) is 0. The number of esters is 1. The first-order chi connectivity index (χ1) is 18.9. The SMILES string of the molecule is CCOC(=O)C1(Cc2ccc3nc([C@@H](NC(=O)c4ccnn4CC)C4CCCCCC4)cn3n2)CCNC1=O. The van der Waals surface area contributed by atoms with Crippen molar-refractivity contribution in [2.24, 2.45) is 11.3 Å². The van der Waals surface area contributed by atoms with Gasteiger partial charge in [-0.15, -0.1) is 0 Å². The first-order valence-electron chi connectivity index (χ1n) is 14.1. The number of hydrogen-bond donors (Lipinski definition) is 2. The molecule has 0 spiro atoms. The molecule has 2 N–H and O–H groups in total. The number of hydrogen-bond acceptors (Lipinski definition) is 7. The lowest BCUT2D eigenvalue weighted by Crippen LogP contribution is -2.42. The molecule has 3 aromatic rings. The quantitative estimate of drug-likeness (QED) is 0.245. The molecule has 2 atom stereocenters. The number of fused-ring (bicyclic) bond motifs is 1. The van der Waals surface area contributed by atoms with Gasteiger partial charge in [-0.3, -0.25) is 19.1 Å². The van der Waals surface area contributed by atoms with Crippen LogP contribution in [0.25, 0.3) is 5.65 Å². The molecule has 5 rings (SSSR count). The largest absolute Gasteiger partial charge is 0.465 e. The highest BCUT2D eigenvalue weighted by atomic mass is 16.5. The molecule has 208 valence electrons. The molecule has 2 fully saturated rings. The summed E-state index contributed by atoms with van der Waals surface area (Å²) >= 11 is 0. The van der Waals surface area contributed by atoms with Crippen LogP contribution < -0.4 is 10.6 Å². The van der Waals surface area contributed by atoms with E-state index in [1.165, 1.54) is 12.8 Å². The molecule has 0 bridgehead atoms. The highest BCUT2D eigenvalue weighted by Gasteiger charge is 2.50. The van der Waals surface area contributed by atoms with Crippen LogP contribution in [0.2, 0.25) is 0 Å². The fourth-order valence-corrected chi connectivity index (χ4v) is 5.94. The molecule has 39 heavy (non-hydrogen) atoms. The summed E-state index contributed by atoms with van der Waals surface area (Å²) in [5, 5.41) is 15.0. The summed E-state index contributed by atoms with van der Waals surface area (Å²) in [5.74, 6) is -0.752. The van der Waals surface area contributed by atoms with Crippen molar-refractivity contribution in [1.29, 1.82) is 0 Å². The maximum Gasteiger partial charge on any atom is 0.322 e. The molecule has 1 unspecified atom stereocenters. The average molecular weight is 536 g/mol. The minimum atomic E-state index is -1.28. The molecule has 1 saturated carbocycles. The lowest BCUT2D eigenvalue weighted by Gasteiger charge is -2.26. The van der Waals surface area contributed by atoms with Crippen LogP contribution in [0, 0.1) is 11.3 Å². The van der Waals surface area contributed by atoms with Crippen molar-refractivity contribution in [1.82, 2.24) is 35.0 Å². The molecule has 11 nitrogen and oxygen atoms in total. The van der Waals surface area contributed by atoms with Crippen LogP contribution >= 0.6 is 0 Å². The molecule has 3 aromatic heterocycles. The van der Waals surface area contributed by atoms with E-state index in [-0.39, 0.29) is 36.8 Å². The topological polar surface area (TPSA) is 133 Å². The van der Waals surface area contributed by atoms with Gasteiger partial charge in [-0.25, -0.2) is 9.50 Å². The number of carbonyl (C=O) groups is 3. The standard InChI is InChI=1S/C28H37N7O4/c1-3-34-22(13-15-30-34)25(36)32-24(19-9-7-5-6-8-10-19)21-18-35-23(31-21)12-11-20(33-35)17-28(27(38)39-4-2)14-16-29-26(28)37/h11-13,15,18-19,24H,3-10,14,16-17H2,1-2H3,(H,29,37)(H,32,36)/t24-,28?/m0/s1. The fraction of sp³-hybridized carbons (Fsp3) is 0.571. The Kier molecular flexibility index (Phi) is 7.94. The third-order valence-corrected chi connectivity index (χ3v) is 8.04. The van der Waals surface area contributed by atoms with E-state index in [4.69, 9.17) is 14.8 Å². The van der Waals surface area contributed by atoms with Gasteiger partial charge >= 0.3 is 5.97 Å². The third-order valence-electron chi connectivity index (χ3n) is 8.04. The van der Waals surface area contributed by atoms with Crippen LogP contribution in [0.5, 0.6) is 0 Å². The Hall–Kier alpha value is -3.76. The number of ether oxygens (including phenoxy) is 1. The minimum absolute atomic E-state index is 0.144. The van der Waals surface area contributed by atoms with E-state index in [9.17, 15) is 14.4 Å². The van der Waals surface area contributed by atoms with Gasteiger partial charge in [-0.2, -0.15) is 10.2 Å². The third kappa shape index (κ3) is 5.39. The lowest BCUT2D eigenvalue weighted by atomic mass is 9.81. The van der Waals surface area contributed by atoms with Crippen molar-refractivity contribution < 1.29 is 19.1 Å². The molecule has 0 aromatic carbocycles. The van der Waals surface area contributed by atoms with Gasteiger partial charge in [0.15, 0.2) is 11.1 Å². The summed E-state index contributed by atoms with van der Waals surface area (Å²) in [5.41, 5.74) is 1.24. The van der Waals surface area contributed by atoms with Crippen molar-refractivity contribution in [3.63, 3.8) is 0 Å². The maximum absolute atomic E-state index is 13.3. The second kappa shape index (κ2) is 11.5. The van der Waals surface area contributed by atoms with Crippen LogP contribution in [0.4, 0.5) is 0 Å².